The average molecular weight is 204 g/mol. The molecule has 0 fully saturated rings. The van der Waals surface area contributed by atoms with Crippen LogP contribution in [0.25, 0.3) is 0 Å². The van der Waals surface area contributed by atoms with Crippen LogP contribution in [-0.4, -0.2) is 36.5 Å². The zero-order valence-electron chi connectivity index (χ0n) is 8.72. The predicted octanol–water partition coefficient (Wildman–Crippen LogP) is 0.854. The van der Waals surface area contributed by atoms with Gasteiger partial charge in [-0.15, -0.1) is 0 Å². The zero-order valence-corrected chi connectivity index (χ0v) is 9.54. The van der Waals surface area contributed by atoms with Gasteiger partial charge in [0.1, 0.15) is 0 Å². The molecule has 0 aromatic heterocycles. The number of likely N-dealkylation sites (N-methyl/N-ethyl adjacent to an activating group) is 1. The number of amides is 1. The second-order valence-electron chi connectivity index (χ2n) is 2.89. The van der Waals surface area contributed by atoms with Crippen molar-refractivity contribution in [3.05, 3.63) is 0 Å². The minimum Gasteiger partial charge on any atom is -0.355 e. The number of hydrogen-bond donors (Lipinski definition) is 2. The quantitative estimate of drug-likeness (QED) is 0.646. The number of carbonyl (C=O) groups is 1. The van der Waals surface area contributed by atoms with Gasteiger partial charge in [-0.3, -0.25) is 4.79 Å². The van der Waals surface area contributed by atoms with Gasteiger partial charge in [-0.05, 0) is 19.6 Å². The summed E-state index contributed by atoms with van der Waals surface area (Å²) in [5.41, 5.74) is 0. The van der Waals surface area contributed by atoms with Gasteiger partial charge in [-0.25, -0.2) is 0 Å². The minimum atomic E-state index is 0.0795. The fourth-order valence-electron chi connectivity index (χ4n) is 0.880. The Morgan fingerprint density at radius 2 is 2.15 bits per heavy atom. The normalized spacial score (nSPS) is 12.5. The van der Waals surface area contributed by atoms with Crippen LogP contribution in [-0.2, 0) is 4.79 Å². The van der Waals surface area contributed by atoms with Gasteiger partial charge in [0.25, 0.3) is 0 Å². The molecule has 2 N–H and O–H groups in total. The fourth-order valence-corrected chi connectivity index (χ4v) is 1.59. The number of hydrogen-bond acceptors (Lipinski definition) is 3. The minimum absolute atomic E-state index is 0.0795. The van der Waals surface area contributed by atoms with Crippen molar-refractivity contribution in [1.29, 1.82) is 0 Å². The van der Waals surface area contributed by atoms with Crippen LogP contribution in [0.3, 0.4) is 0 Å². The van der Waals surface area contributed by atoms with Gasteiger partial charge >= 0.3 is 0 Å². The molecule has 1 atom stereocenters. The lowest BCUT2D eigenvalue weighted by Gasteiger charge is -2.12. The standard InChI is InChI=1S/C9H20N2OS/c1-4-10-9(12)6-11-8(3)7-13-5-2/h8,11H,4-7H2,1-3H3,(H,10,12). The van der Waals surface area contributed by atoms with Gasteiger partial charge in [-0.1, -0.05) is 6.92 Å². The molecule has 0 radical (unpaired) electrons. The molecule has 0 rings (SSSR count). The Kier molecular flexibility index (Phi) is 8.24. The molecule has 0 aliphatic heterocycles. The lowest BCUT2D eigenvalue weighted by molar-refractivity contribution is -0.120. The highest BCUT2D eigenvalue weighted by molar-refractivity contribution is 7.99. The van der Waals surface area contributed by atoms with Crippen LogP contribution in [0.1, 0.15) is 20.8 Å². The first-order chi connectivity index (χ1) is 6.20. The van der Waals surface area contributed by atoms with Crippen molar-refractivity contribution in [2.45, 2.75) is 26.8 Å². The van der Waals surface area contributed by atoms with E-state index in [0.29, 0.717) is 19.1 Å². The molecule has 0 aliphatic rings. The van der Waals surface area contributed by atoms with Crippen molar-refractivity contribution in [3.8, 4) is 0 Å². The summed E-state index contributed by atoms with van der Waals surface area (Å²) in [7, 11) is 0. The molecule has 0 aromatic carbocycles. The first-order valence-corrected chi connectivity index (χ1v) is 5.94. The van der Waals surface area contributed by atoms with E-state index in [1.54, 1.807) is 0 Å². The van der Waals surface area contributed by atoms with Gasteiger partial charge in [0.05, 0.1) is 6.54 Å². The topological polar surface area (TPSA) is 41.1 Å². The zero-order chi connectivity index (χ0) is 10.1. The van der Waals surface area contributed by atoms with E-state index in [-0.39, 0.29) is 5.91 Å². The molecule has 13 heavy (non-hydrogen) atoms. The highest BCUT2D eigenvalue weighted by Gasteiger charge is 2.03. The Morgan fingerprint density at radius 3 is 2.69 bits per heavy atom. The SMILES string of the molecule is CCNC(=O)CNC(C)CSCC. The fraction of sp³-hybridized carbons (Fsp3) is 0.889. The van der Waals surface area contributed by atoms with E-state index in [0.717, 1.165) is 11.5 Å². The van der Waals surface area contributed by atoms with Crippen molar-refractivity contribution in [2.24, 2.45) is 0 Å². The van der Waals surface area contributed by atoms with Crippen LogP contribution in [0.4, 0.5) is 0 Å². The maximum absolute atomic E-state index is 11.0. The van der Waals surface area contributed by atoms with Crippen LogP contribution in [0.15, 0.2) is 0 Å². The molecule has 0 bridgehead atoms. The van der Waals surface area contributed by atoms with Crippen LogP contribution >= 0.6 is 11.8 Å². The monoisotopic (exact) mass is 204 g/mol. The predicted molar refractivity (Wildman–Crippen MR) is 59.1 cm³/mol. The number of thioether (sulfide) groups is 1. The Hall–Kier alpha value is -0.220. The van der Waals surface area contributed by atoms with E-state index >= 15 is 0 Å². The van der Waals surface area contributed by atoms with Gasteiger partial charge in [0.2, 0.25) is 5.91 Å². The average Bonchev–Trinajstić information content (AvgIpc) is 2.12. The third-order valence-corrected chi connectivity index (χ3v) is 2.70. The van der Waals surface area contributed by atoms with Gasteiger partial charge < -0.3 is 10.6 Å². The number of nitrogens with one attached hydrogen (secondary N) is 2. The molecular weight excluding hydrogens is 184 g/mol. The third kappa shape index (κ3) is 8.12. The summed E-state index contributed by atoms with van der Waals surface area (Å²) in [4.78, 5) is 11.0. The first kappa shape index (κ1) is 12.8. The third-order valence-electron chi connectivity index (χ3n) is 1.56. The van der Waals surface area contributed by atoms with E-state index in [1.807, 2.05) is 18.7 Å². The molecule has 0 aromatic rings. The molecular formula is C9H20N2OS. The summed E-state index contributed by atoms with van der Waals surface area (Å²) in [5, 5.41) is 5.92. The maximum Gasteiger partial charge on any atom is 0.233 e. The highest BCUT2D eigenvalue weighted by atomic mass is 32.2. The molecule has 0 spiro atoms. The summed E-state index contributed by atoms with van der Waals surface area (Å²) in [5.74, 6) is 2.28. The van der Waals surface area contributed by atoms with Crippen molar-refractivity contribution in [3.63, 3.8) is 0 Å². The van der Waals surface area contributed by atoms with Crippen LogP contribution in [0, 0.1) is 0 Å². The summed E-state index contributed by atoms with van der Waals surface area (Å²) in [6.07, 6.45) is 0. The van der Waals surface area contributed by atoms with Gasteiger partial charge in [0.15, 0.2) is 0 Å². The summed E-state index contributed by atoms with van der Waals surface area (Å²) in [6, 6.07) is 0.410. The molecule has 0 saturated heterocycles. The Labute approximate surface area is 85.0 Å². The summed E-state index contributed by atoms with van der Waals surface area (Å²) in [6.45, 7) is 7.30. The van der Waals surface area contributed by atoms with Crippen molar-refractivity contribution in [2.75, 3.05) is 24.6 Å². The van der Waals surface area contributed by atoms with Crippen molar-refractivity contribution >= 4 is 17.7 Å². The smallest absolute Gasteiger partial charge is 0.233 e. The molecule has 1 amide bonds. The second-order valence-corrected chi connectivity index (χ2v) is 4.21. The Balaban J connectivity index is 3.34. The van der Waals surface area contributed by atoms with E-state index < -0.39 is 0 Å². The van der Waals surface area contributed by atoms with E-state index in [4.69, 9.17) is 0 Å². The van der Waals surface area contributed by atoms with Crippen LogP contribution < -0.4 is 10.6 Å². The maximum atomic E-state index is 11.0. The lowest BCUT2D eigenvalue weighted by atomic mass is 10.4. The van der Waals surface area contributed by atoms with Crippen molar-refractivity contribution < 1.29 is 4.79 Å². The van der Waals surface area contributed by atoms with E-state index in [1.165, 1.54) is 0 Å². The molecule has 3 nitrogen and oxygen atoms in total. The van der Waals surface area contributed by atoms with E-state index in [9.17, 15) is 4.79 Å². The number of rotatable bonds is 7. The van der Waals surface area contributed by atoms with Gasteiger partial charge in [-0.2, -0.15) is 11.8 Å². The van der Waals surface area contributed by atoms with Gasteiger partial charge in [0, 0.05) is 18.3 Å². The van der Waals surface area contributed by atoms with E-state index in [2.05, 4.69) is 24.5 Å². The Bertz CT molecular complexity index is 142. The lowest BCUT2D eigenvalue weighted by Crippen LogP contribution is -2.38. The molecule has 0 aliphatic carbocycles. The Morgan fingerprint density at radius 1 is 1.46 bits per heavy atom. The van der Waals surface area contributed by atoms with Crippen LogP contribution in [0.5, 0.6) is 0 Å². The molecule has 0 saturated carbocycles. The summed E-state index contributed by atoms with van der Waals surface area (Å²) < 4.78 is 0. The first-order valence-electron chi connectivity index (χ1n) is 4.78. The highest BCUT2D eigenvalue weighted by Crippen LogP contribution is 2.00. The molecule has 1 unspecified atom stereocenters. The molecule has 0 heterocycles. The number of carbonyl (C=O) groups excluding carboxylic acids is 1. The summed E-state index contributed by atoms with van der Waals surface area (Å²) >= 11 is 1.89. The van der Waals surface area contributed by atoms with Crippen molar-refractivity contribution in [1.82, 2.24) is 10.6 Å². The second kappa shape index (κ2) is 8.38. The molecule has 78 valence electrons. The largest absolute Gasteiger partial charge is 0.355 e. The molecule has 4 heteroatoms. The van der Waals surface area contributed by atoms with Crippen LogP contribution in [0.2, 0.25) is 0 Å².